The molecule has 4 aliphatic heterocycles. The molecule has 2 spiro atoms. The molecular weight excluding hydrogens is 443 g/mol. The number of ether oxygens (including phenoxy) is 5. The third-order valence-electron chi connectivity index (χ3n) is 9.52. The summed E-state index contributed by atoms with van der Waals surface area (Å²) < 4.78 is 46.7. The molecule has 0 aromatic carbocycles. The fourth-order valence-electron chi connectivity index (χ4n) is 8.08. The van der Waals surface area contributed by atoms with Crippen molar-refractivity contribution in [3.63, 3.8) is 0 Å². The van der Waals surface area contributed by atoms with Crippen LogP contribution in [0.15, 0.2) is 11.1 Å². The Hall–Kier alpha value is -0.840. The molecule has 2 saturated carbocycles. The van der Waals surface area contributed by atoms with Crippen molar-refractivity contribution in [1.82, 2.24) is 0 Å². The third-order valence-corrected chi connectivity index (χ3v) is 9.96. The molecule has 9 atom stereocenters. The smallest absolute Gasteiger partial charge is 0.458 e. The van der Waals surface area contributed by atoms with Crippen LogP contribution in [0.4, 0.5) is 0 Å². The van der Waals surface area contributed by atoms with Crippen LogP contribution < -0.4 is 0 Å². The van der Waals surface area contributed by atoms with Crippen molar-refractivity contribution in [3.8, 4) is 0 Å². The minimum absolute atomic E-state index is 0.0843. The van der Waals surface area contributed by atoms with Gasteiger partial charge in [-0.15, -0.1) is 0 Å². The zero-order valence-electron chi connectivity index (χ0n) is 18.1. The topological polar surface area (TPSA) is 140 Å². The highest BCUT2D eigenvalue weighted by atomic mass is 31.2. The number of fused-ring (bicyclic) bond motifs is 4. The van der Waals surface area contributed by atoms with Crippen LogP contribution >= 0.6 is 7.82 Å². The monoisotopic (exact) mass is 470 g/mol. The van der Waals surface area contributed by atoms with E-state index in [1.54, 1.807) is 0 Å². The molecule has 5 fully saturated rings. The summed E-state index contributed by atoms with van der Waals surface area (Å²) in [7, 11) is -4.68. The van der Waals surface area contributed by atoms with Crippen LogP contribution in [0, 0.1) is 17.3 Å². The molecule has 176 valence electrons. The van der Waals surface area contributed by atoms with Gasteiger partial charge in [-0.25, -0.2) is 9.36 Å². The summed E-state index contributed by atoms with van der Waals surface area (Å²) >= 11 is 0. The molecule has 4 heterocycles. The lowest BCUT2D eigenvalue weighted by atomic mass is 9.46. The van der Waals surface area contributed by atoms with Crippen molar-refractivity contribution in [2.24, 2.45) is 17.3 Å². The second-order valence-corrected chi connectivity index (χ2v) is 12.0. The Bertz CT molecular complexity index is 1020. The van der Waals surface area contributed by atoms with Crippen LogP contribution in [-0.2, 0) is 37.6 Å². The summed E-state index contributed by atoms with van der Waals surface area (Å²) in [5.74, 6) is -0.00758. The molecule has 4 unspecified atom stereocenters. The number of phosphoric ester groups is 1. The first-order valence-corrected chi connectivity index (χ1v) is 12.8. The number of hydrogen-bond donors (Lipinski definition) is 2. The van der Waals surface area contributed by atoms with E-state index in [9.17, 15) is 9.36 Å². The van der Waals surface area contributed by atoms with Gasteiger partial charge in [0.05, 0.1) is 6.10 Å². The van der Waals surface area contributed by atoms with Crippen LogP contribution in [0.3, 0.4) is 0 Å². The van der Waals surface area contributed by atoms with E-state index in [-0.39, 0.29) is 41.5 Å². The molecule has 0 aromatic rings. The van der Waals surface area contributed by atoms with Gasteiger partial charge in [0.25, 0.3) is 0 Å². The standard InChI is InChI=1S/C21H27O10P/c1-9(2)19-14(30-19)15-21(31-15)18(3)5-4-10-11(7-26-16(10)22)12(18)6-13-20(21,29-13)17(19)27-8-28-32(23,24)25/h9,12-15,17H,4-8H2,1-3H3,(H2,23,24,25)/t12-,13?,14?,15?,17+,18-,19-,20?,21+/m0/s1. The molecular formula is C21H27O10P. The molecule has 11 heteroatoms. The SMILES string of the molecule is CC(C)[C@]12OC1C1O[C@]13C1(OC1C[C@H]1C4=C(CC[C@@]13C)C(=O)OC4)[C@@H]2OCOP(=O)(O)O. The van der Waals surface area contributed by atoms with Gasteiger partial charge in [-0.3, -0.25) is 4.52 Å². The Labute approximate surface area is 184 Å². The Morgan fingerprint density at radius 2 is 2.00 bits per heavy atom. The summed E-state index contributed by atoms with van der Waals surface area (Å²) in [6, 6.07) is 0. The Morgan fingerprint density at radius 3 is 2.72 bits per heavy atom. The van der Waals surface area contributed by atoms with E-state index in [0.29, 0.717) is 13.0 Å². The Morgan fingerprint density at radius 1 is 1.22 bits per heavy atom. The second kappa shape index (κ2) is 5.69. The molecule has 3 aliphatic carbocycles. The second-order valence-electron chi connectivity index (χ2n) is 10.8. The van der Waals surface area contributed by atoms with Crippen LogP contribution in [0.1, 0.15) is 40.0 Å². The largest absolute Gasteiger partial charge is 0.471 e. The number of phosphoric acid groups is 1. The van der Waals surface area contributed by atoms with Crippen LogP contribution in [0.2, 0.25) is 0 Å². The van der Waals surface area contributed by atoms with Gasteiger partial charge in [0.1, 0.15) is 36.1 Å². The molecule has 32 heavy (non-hydrogen) atoms. The lowest BCUT2D eigenvalue weighted by molar-refractivity contribution is -0.155. The maximum atomic E-state index is 12.2. The van der Waals surface area contributed by atoms with Crippen molar-refractivity contribution in [1.29, 1.82) is 0 Å². The van der Waals surface area contributed by atoms with E-state index < -0.39 is 37.5 Å². The Kier molecular flexibility index (Phi) is 3.65. The maximum Gasteiger partial charge on any atom is 0.471 e. The van der Waals surface area contributed by atoms with Gasteiger partial charge in [-0.2, -0.15) is 0 Å². The van der Waals surface area contributed by atoms with E-state index in [1.165, 1.54) is 0 Å². The molecule has 0 bridgehead atoms. The highest BCUT2D eigenvalue weighted by Crippen LogP contribution is 2.83. The number of carbonyl (C=O) groups excluding carboxylic acids is 1. The van der Waals surface area contributed by atoms with Crippen molar-refractivity contribution < 1.29 is 47.4 Å². The van der Waals surface area contributed by atoms with E-state index in [0.717, 1.165) is 24.0 Å². The summed E-state index contributed by atoms with van der Waals surface area (Å²) in [5, 5.41) is 0. The third kappa shape index (κ3) is 2.05. The van der Waals surface area contributed by atoms with E-state index >= 15 is 0 Å². The van der Waals surface area contributed by atoms with E-state index in [4.69, 9.17) is 33.5 Å². The van der Waals surface area contributed by atoms with E-state index in [2.05, 4.69) is 25.3 Å². The first kappa shape index (κ1) is 20.5. The fourth-order valence-corrected chi connectivity index (χ4v) is 8.28. The zero-order chi connectivity index (χ0) is 22.5. The van der Waals surface area contributed by atoms with Crippen LogP contribution in [0.5, 0.6) is 0 Å². The molecule has 2 N–H and O–H groups in total. The molecule has 3 saturated heterocycles. The number of carbonyl (C=O) groups is 1. The number of esters is 1. The minimum atomic E-state index is -4.68. The average Bonchev–Trinajstić information content (AvgIpc) is 3.59. The summed E-state index contributed by atoms with van der Waals surface area (Å²) in [4.78, 5) is 30.5. The summed E-state index contributed by atoms with van der Waals surface area (Å²) in [6.07, 6.45) is 1.09. The van der Waals surface area contributed by atoms with Gasteiger partial charge in [0.2, 0.25) is 0 Å². The fraction of sp³-hybridized carbons (Fsp3) is 0.857. The number of hydrogen-bond acceptors (Lipinski definition) is 8. The van der Waals surface area contributed by atoms with Crippen LogP contribution in [-0.4, -0.2) is 70.4 Å². The van der Waals surface area contributed by atoms with Gasteiger partial charge in [-0.05, 0) is 36.7 Å². The molecule has 7 aliphatic rings. The molecule has 7 rings (SSSR count). The highest BCUT2D eigenvalue weighted by molar-refractivity contribution is 7.46. The normalized spacial score (nSPS) is 54.1. The first-order valence-electron chi connectivity index (χ1n) is 11.3. The predicted molar refractivity (Wildman–Crippen MR) is 104 cm³/mol. The van der Waals surface area contributed by atoms with Gasteiger partial charge in [0, 0.05) is 11.0 Å². The van der Waals surface area contributed by atoms with Crippen molar-refractivity contribution >= 4 is 13.8 Å². The van der Waals surface area contributed by atoms with Gasteiger partial charge >= 0.3 is 13.8 Å². The lowest BCUT2D eigenvalue weighted by Gasteiger charge is -2.54. The summed E-state index contributed by atoms with van der Waals surface area (Å²) in [5.41, 5.74) is -0.447. The van der Waals surface area contributed by atoms with Crippen molar-refractivity contribution in [2.75, 3.05) is 13.4 Å². The maximum absolute atomic E-state index is 12.2. The predicted octanol–water partition coefficient (Wildman–Crippen LogP) is 1.19. The van der Waals surface area contributed by atoms with Crippen molar-refractivity contribution in [3.05, 3.63) is 11.1 Å². The molecule has 0 aromatic heterocycles. The minimum Gasteiger partial charge on any atom is -0.458 e. The molecule has 10 nitrogen and oxygen atoms in total. The van der Waals surface area contributed by atoms with Gasteiger partial charge < -0.3 is 33.5 Å². The van der Waals surface area contributed by atoms with Gasteiger partial charge in [-0.1, -0.05) is 20.8 Å². The van der Waals surface area contributed by atoms with E-state index in [1.807, 2.05) is 0 Å². The number of epoxide rings is 3. The van der Waals surface area contributed by atoms with Gasteiger partial charge in [0.15, 0.2) is 12.4 Å². The Balaban J connectivity index is 1.30. The highest BCUT2D eigenvalue weighted by Gasteiger charge is 3.00. The lowest BCUT2D eigenvalue weighted by Crippen LogP contribution is -2.69. The molecule has 0 amide bonds. The number of cyclic esters (lactones) is 1. The zero-order valence-corrected chi connectivity index (χ0v) is 19.0. The summed E-state index contributed by atoms with van der Waals surface area (Å²) in [6.45, 7) is 6.10. The quantitative estimate of drug-likeness (QED) is 0.261. The molecule has 0 radical (unpaired) electrons. The number of rotatable bonds is 5. The first-order chi connectivity index (χ1) is 15.0. The van der Waals surface area contributed by atoms with Crippen molar-refractivity contribution in [2.45, 2.75) is 81.3 Å². The van der Waals surface area contributed by atoms with Crippen LogP contribution in [0.25, 0.3) is 0 Å². The average molecular weight is 470 g/mol.